The van der Waals surface area contributed by atoms with E-state index in [2.05, 4.69) is 32.4 Å². The topological polar surface area (TPSA) is 201 Å². The summed E-state index contributed by atoms with van der Waals surface area (Å²) in [6, 6.07) is 11.3. The van der Waals surface area contributed by atoms with Crippen molar-refractivity contribution in [3.8, 4) is 0 Å². The summed E-state index contributed by atoms with van der Waals surface area (Å²) in [5, 5.41) is 16.4. The van der Waals surface area contributed by atoms with Crippen LogP contribution in [0.15, 0.2) is 48.8 Å². The Labute approximate surface area is 365 Å². The fourth-order valence-corrected chi connectivity index (χ4v) is 8.98. The number of nitrogens with zero attached hydrogens (tertiary/aromatic N) is 5. The summed E-state index contributed by atoms with van der Waals surface area (Å²) < 4.78 is 11.3. The molecular formula is C45H54ClN7O9. The van der Waals surface area contributed by atoms with Crippen LogP contribution in [0, 0.1) is 0 Å². The first-order chi connectivity index (χ1) is 30.0. The fraction of sp³-hybridized carbons (Fsp3) is 0.511. The molecule has 17 heteroatoms. The van der Waals surface area contributed by atoms with Gasteiger partial charge in [0.15, 0.2) is 0 Å². The molecule has 2 fully saturated rings. The Balaban J connectivity index is 0.766. The summed E-state index contributed by atoms with van der Waals surface area (Å²) in [4.78, 5) is 91.0. The van der Waals surface area contributed by atoms with Crippen molar-refractivity contribution in [1.29, 1.82) is 0 Å². The number of aliphatic hydroxyl groups excluding tert-OH is 1. The fourth-order valence-electron chi connectivity index (χ4n) is 8.85. The van der Waals surface area contributed by atoms with E-state index < -0.39 is 35.8 Å². The number of benzene rings is 2. The van der Waals surface area contributed by atoms with E-state index in [1.54, 1.807) is 18.2 Å². The van der Waals surface area contributed by atoms with E-state index in [9.17, 15) is 33.9 Å². The van der Waals surface area contributed by atoms with Crippen molar-refractivity contribution in [2.75, 3.05) is 69.4 Å². The first kappa shape index (κ1) is 44.8. The summed E-state index contributed by atoms with van der Waals surface area (Å²) in [5.74, 6) is -1.31. The molecule has 2 aromatic carbocycles. The lowest BCUT2D eigenvalue weighted by atomic mass is 9.91. The highest BCUT2D eigenvalue weighted by Crippen LogP contribution is 2.43. The van der Waals surface area contributed by atoms with Crippen LogP contribution < -0.4 is 15.5 Å². The molecule has 3 aliphatic heterocycles. The minimum absolute atomic E-state index is 0.0518. The van der Waals surface area contributed by atoms with Gasteiger partial charge in [-0.1, -0.05) is 43.1 Å². The third-order valence-corrected chi connectivity index (χ3v) is 12.3. The van der Waals surface area contributed by atoms with Crippen molar-refractivity contribution in [2.45, 2.75) is 88.7 Å². The molecule has 2 saturated heterocycles. The predicted molar refractivity (Wildman–Crippen MR) is 229 cm³/mol. The number of carbonyl (C=O) groups is 6. The maximum Gasteiger partial charge on any atom is 0.264 e. The van der Waals surface area contributed by atoms with E-state index in [0.29, 0.717) is 114 Å². The third kappa shape index (κ3) is 10.3. The first-order valence-electron chi connectivity index (χ1n) is 21.6. The number of ketones is 1. The second kappa shape index (κ2) is 20.7. The van der Waals surface area contributed by atoms with Gasteiger partial charge < -0.3 is 29.7 Å². The van der Waals surface area contributed by atoms with Gasteiger partial charge in [-0.15, -0.1) is 0 Å². The van der Waals surface area contributed by atoms with E-state index in [0.717, 1.165) is 28.3 Å². The highest BCUT2D eigenvalue weighted by Gasteiger charge is 2.45. The molecule has 16 nitrogen and oxygen atoms in total. The largest absolute Gasteiger partial charge is 0.387 e. The van der Waals surface area contributed by atoms with Crippen molar-refractivity contribution in [3.05, 3.63) is 81.8 Å². The van der Waals surface area contributed by atoms with Gasteiger partial charge in [-0.05, 0) is 67.9 Å². The SMILES string of the molecule is C[C@@H]1C[C@@H](O)c2ncnc(N3CCN(C(=O)[C@H](CCCCC(=O)CCCOCCOCCNc4cccc5c4C(=O)N(C4CCC(=O)NC4=O)C5=O)c4ccc(Cl)cc4)CC3)c21. The number of hydrogen-bond acceptors (Lipinski definition) is 13. The molecule has 1 aliphatic carbocycles. The van der Waals surface area contributed by atoms with Gasteiger partial charge in [-0.3, -0.25) is 39.0 Å². The quantitative estimate of drug-likeness (QED) is 0.106. The van der Waals surface area contributed by atoms with Crippen molar-refractivity contribution < 1.29 is 43.3 Å². The zero-order valence-electron chi connectivity index (χ0n) is 35.0. The molecule has 4 heterocycles. The number of imide groups is 2. The van der Waals surface area contributed by atoms with Crippen LogP contribution in [0.25, 0.3) is 0 Å². The van der Waals surface area contributed by atoms with Crippen LogP contribution in [0.3, 0.4) is 0 Å². The molecule has 0 saturated carbocycles. The molecule has 3 N–H and O–H groups in total. The molecule has 62 heavy (non-hydrogen) atoms. The smallest absolute Gasteiger partial charge is 0.264 e. The molecule has 4 atom stereocenters. The summed E-state index contributed by atoms with van der Waals surface area (Å²) in [7, 11) is 0. The van der Waals surface area contributed by atoms with Gasteiger partial charge in [-0.25, -0.2) is 9.97 Å². The number of Topliss-reactive ketones (excluding diaryl/α,β-unsaturated/α-hetero) is 1. The standard InChI is InChI=1S/C45H54ClN7O9/c1-28-26-36(55)40-38(28)41(49-27-48-40)51-18-20-52(21-19-51)43(58)32(29-11-13-30(46)14-12-29)8-3-2-6-31(54)7-5-22-61-24-25-62-23-17-47-34-10-4-9-33-39(34)45(60)53(44(33)59)35-15-16-37(56)50-42(35)57/h4,9-14,27-28,32,35-36,47,55H,2-3,5-8,15-26H2,1H3,(H,50,56,57)/t28-,32-,35?,36-/m1/s1. The molecule has 5 amide bonds. The van der Waals surface area contributed by atoms with Crippen molar-refractivity contribution in [3.63, 3.8) is 0 Å². The number of nitrogens with one attached hydrogen (secondary N) is 2. The van der Waals surface area contributed by atoms with Crippen LogP contribution in [-0.4, -0.2) is 125 Å². The Morgan fingerprint density at radius 2 is 1.66 bits per heavy atom. The highest BCUT2D eigenvalue weighted by molar-refractivity contribution is 6.30. The lowest BCUT2D eigenvalue weighted by Crippen LogP contribution is -2.54. The number of hydrogen-bond donors (Lipinski definition) is 3. The minimum Gasteiger partial charge on any atom is -0.387 e. The molecule has 1 aromatic heterocycles. The van der Waals surface area contributed by atoms with E-state index in [-0.39, 0.29) is 47.5 Å². The van der Waals surface area contributed by atoms with Crippen LogP contribution in [0.1, 0.15) is 120 Å². The number of unbranched alkanes of at least 4 members (excludes halogenated alkanes) is 1. The summed E-state index contributed by atoms with van der Waals surface area (Å²) in [6.07, 6.45) is 5.19. The number of ether oxygens (including phenoxy) is 2. The Morgan fingerprint density at radius 1 is 0.919 bits per heavy atom. The highest BCUT2D eigenvalue weighted by atomic mass is 35.5. The Morgan fingerprint density at radius 3 is 2.42 bits per heavy atom. The Kier molecular flexibility index (Phi) is 15.0. The molecule has 0 bridgehead atoms. The maximum atomic E-state index is 14.0. The minimum atomic E-state index is -1.03. The number of piperidine rings is 1. The van der Waals surface area contributed by atoms with Gasteiger partial charge in [0.1, 0.15) is 24.0 Å². The Hall–Kier alpha value is -5.29. The number of carbonyl (C=O) groups excluding carboxylic acids is 6. The molecule has 0 radical (unpaired) electrons. The van der Waals surface area contributed by atoms with E-state index in [4.69, 9.17) is 21.1 Å². The van der Waals surface area contributed by atoms with Crippen LogP contribution in [-0.2, 0) is 28.7 Å². The van der Waals surface area contributed by atoms with Gasteiger partial charge in [0, 0.05) is 74.9 Å². The summed E-state index contributed by atoms with van der Waals surface area (Å²) >= 11 is 6.19. The molecule has 1 unspecified atom stereocenters. The number of rotatable bonds is 20. The van der Waals surface area contributed by atoms with E-state index in [1.165, 1.54) is 6.33 Å². The number of fused-ring (bicyclic) bond motifs is 2. The normalized spacial score (nSPS) is 20.3. The molecule has 0 spiro atoms. The third-order valence-electron chi connectivity index (χ3n) is 12.1. The van der Waals surface area contributed by atoms with Gasteiger partial charge in [0.25, 0.3) is 11.8 Å². The number of piperazine rings is 1. The van der Waals surface area contributed by atoms with Crippen molar-refractivity contribution >= 4 is 58.4 Å². The maximum absolute atomic E-state index is 14.0. The predicted octanol–water partition coefficient (Wildman–Crippen LogP) is 4.56. The summed E-state index contributed by atoms with van der Waals surface area (Å²) in [5.41, 5.74) is 3.48. The summed E-state index contributed by atoms with van der Waals surface area (Å²) in [6.45, 7) is 6.24. The number of amides is 5. The number of halogens is 1. The molecule has 7 rings (SSSR count). The zero-order valence-corrected chi connectivity index (χ0v) is 35.7. The average Bonchev–Trinajstić information content (AvgIpc) is 3.71. The monoisotopic (exact) mass is 871 g/mol. The van der Waals surface area contributed by atoms with E-state index >= 15 is 0 Å². The number of aliphatic hydroxyl groups is 1. The molecule has 4 aliphatic rings. The lowest BCUT2D eigenvalue weighted by Gasteiger charge is -2.38. The van der Waals surface area contributed by atoms with Gasteiger partial charge in [-0.2, -0.15) is 0 Å². The zero-order chi connectivity index (χ0) is 43.8. The van der Waals surface area contributed by atoms with E-state index in [1.807, 2.05) is 29.2 Å². The van der Waals surface area contributed by atoms with Gasteiger partial charge in [0.2, 0.25) is 17.7 Å². The average molecular weight is 872 g/mol. The molecular weight excluding hydrogens is 818 g/mol. The second-order valence-corrected chi connectivity index (χ2v) is 16.7. The van der Waals surface area contributed by atoms with Crippen LogP contribution in [0.4, 0.5) is 11.5 Å². The van der Waals surface area contributed by atoms with Crippen molar-refractivity contribution in [1.82, 2.24) is 25.1 Å². The second-order valence-electron chi connectivity index (χ2n) is 16.3. The number of aromatic nitrogens is 2. The van der Waals surface area contributed by atoms with Crippen LogP contribution in [0.2, 0.25) is 5.02 Å². The Bertz CT molecular complexity index is 2150. The lowest BCUT2D eigenvalue weighted by molar-refractivity contribution is -0.136. The van der Waals surface area contributed by atoms with Crippen LogP contribution in [0.5, 0.6) is 0 Å². The van der Waals surface area contributed by atoms with Gasteiger partial charge >= 0.3 is 0 Å². The first-order valence-corrected chi connectivity index (χ1v) is 22.0. The van der Waals surface area contributed by atoms with Crippen LogP contribution >= 0.6 is 11.6 Å². The van der Waals surface area contributed by atoms with Crippen molar-refractivity contribution in [2.24, 2.45) is 0 Å². The molecule has 3 aromatic rings. The molecule has 330 valence electrons. The number of anilines is 2. The van der Waals surface area contributed by atoms with Gasteiger partial charge in [0.05, 0.1) is 48.7 Å².